The summed E-state index contributed by atoms with van der Waals surface area (Å²) in [7, 11) is 1.98. The van der Waals surface area contributed by atoms with Gasteiger partial charge >= 0.3 is 0 Å². The maximum atomic E-state index is 6.12. The van der Waals surface area contributed by atoms with E-state index in [9.17, 15) is 0 Å². The molecule has 1 saturated heterocycles. The predicted octanol–water partition coefficient (Wildman–Crippen LogP) is 2.40. The van der Waals surface area contributed by atoms with Crippen molar-refractivity contribution in [2.24, 2.45) is 7.05 Å². The molecule has 5 heteroatoms. The second-order valence-corrected chi connectivity index (χ2v) is 6.00. The molecule has 102 valence electrons. The van der Waals surface area contributed by atoms with E-state index in [1.165, 1.54) is 6.42 Å². The third-order valence-electron chi connectivity index (χ3n) is 3.62. The number of hydrogen-bond acceptors (Lipinski definition) is 3. The zero-order valence-corrected chi connectivity index (χ0v) is 13.0. The monoisotopic (exact) mass is 315 g/mol. The first-order valence-electron chi connectivity index (χ1n) is 6.60. The molecular weight excluding hydrogens is 294 g/mol. The Morgan fingerprint density at radius 3 is 2.89 bits per heavy atom. The molecule has 1 fully saturated rings. The van der Waals surface area contributed by atoms with Crippen LogP contribution in [-0.4, -0.2) is 28.5 Å². The number of piperidine rings is 1. The standard InChI is InChI=1S/C13H22BrN3O/c1-4-10-12(14)11(17(3)16-10)8-18-13(2)6-5-7-15-9-13/h15H,4-9H2,1-3H3. The minimum absolute atomic E-state index is 0.0473. The fraction of sp³-hybridized carbons (Fsp3) is 0.769. The van der Waals surface area contributed by atoms with Crippen LogP contribution in [-0.2, 0) is 24.8 Å². The van der Waals surface area contributed by atoms with Crippen LogP contribution in [0.3, 0.4) is 0 Å². The number of nitrogens with one attached hydrogen (secondary N) is 1. The van der Waals surface area contributed by atoms with Gasteiger partial charge in [-0.05, 0) is 48.7 Å². The molecule has 18 heavy (non-hydrogen) atoms. The fourth-order valence-electron chi connectivity index (χ4n) is 2.37. The molecule has 0 aliphatic carbocycles. The van der Waals surface area contributed by atoms with E-state index in [0.29, 0.717) is 6.61 Å². The van der Waals surface area contributed by atoms with E-state index >= 15 is 0 Å². The number of halogens is 1. The summed E-state index contributed by atoms with van der Waals surface area (Å²) in [5.41, 5.74) is 2.18. The SMILES string of the molecule is CCc1nn(C)c(COC2(C)CCCNC2)c1Br. The molecule has 1 N–H and O–H groups in total. The molecule has 0 spiro atoms. The highest BCUT2D eigenvalue weighted by Crippen LogP contribution is 2.26. The second kappa shape index (κ2) is 5.72. The van der Waals surface area contributed by atoms with Gasteiger partial charge in [-0.25, -0.2) is 0 Å². The lowest BCUT2D eigenvalue weighted by molar-refractivity contribution is -0.0594. The normalized spacial score (nSPS) is 24.4. The Kier molecular flexibility index (Phi) is 4.45. The van der Waals surface area contributed by atoms with Gasteiger partial charge in [-0.1, -0.05) is 6.92 Å². The second-order valence-electron chi connectivity index (χ2n) is 5.20. The first kappa shape index (κ1) is 14.0. The van der Waals surface area contributed by atoms with E-state index in [-0.39, 0.29) is 5.60 Å². The van der Waals surface area contributed by atoms with Gasteiger partial charge < -0.3 is 10.1 Å². The van der Waals surface area contributed by atoms with Gasteiger partial charge in [0.25, 0.3) is 0 Å². The molecule has 0 saturated carbocycles. The third kappa shape index (κ3) is 2.95. The highest BCUT2D eigenvalue weighted by Gasteiger charge is 2.28. The summed E-state index contributed by atoms with van der Waals surface area (Å²) in [5.74, 6) is 0. The molecular formula is C13H22BrN3O. The zero-order chi connectivity index (χ0) is 13.2. The maximum Gasteiger partial charge on any atom is 0.0904 e. The van der Waals surface area contributed by atoms with E-state index in [1.807, 2.05) is 11.7 Å². The lowest BCUT2D eigenvalue weighted by Gasteiger charge is -2.34. The van der Waals surface area contributed by atoms with Crippen LogP contribution in [0, 0.1) is 0 Å². The van der Waals surface area contributed by atoms with Crippen LogP contribution in [0.25, 0.3) is 0 Å². The first-order valence-corrected chi connectivity index (χ1v) is 7.40. The van der Waals surface area contributed by atoms with Crippen molar-refractivity contribution in [3.8, 4) is 0 Å². The molecule has 1 unspecified atom stereocenters. The Hall–Kier alpha value is -0.390. The Morgan fingerprint density at radius 2 is 2.33 bits per heavy atom. The number of nitrogens with zero attached hydrogens (tertiary/aromatic N) is 2. The molecule has 0 bridgehead atoms. The molecule has 1 aromatic rings. The van der Waals surface area contributed by atoms with Crippen molar-refractivity contribution in [2.45, 2.75) is 45.3 Å². The van der Waals surface area contributed by atoms with Gasteiger partial charge in [0.1, 0.15) is 0 Å². The van der Waals surface area contributed by atoms with Gasteiger partial charge in [0.05, 0.1) is 28.1 Å². The summed E-state index contributed by atoms with van der Waals surface area (Å²) in [5, 5.41) is 7.89. The number of ether oxygens (including phenoxy) is 1. The largest absolute Gasteiger partial charge is 0.368 e. The van der Waals surface area contributed by atoms with Gasteiger partial charge in [0.2, 0.25) is 0 Å². The Balaban J connectivity index is 2.03. The third-order valence-corrected chi connectivity index (χ3v) is 4.53. The van der Waals surface area contributed by atoms with E-state index in [0.717, 1.165) is 41.8 Å². The molecule has 1 atom stereocenters. The van der Waals surface area contributed by atoms with Crippen LogP contribution in [0.5, 0.6) is 0 Å². The minimum atomic E-state index is -0.0473. The van der Waals surface area contributed by atoms with Crippen LogP contribution < -0.4 is 5.32 Å². The van der Waals surface area contributed by atoms with Gasteiger partial charge in [-0.15, -0.1) is 0 Å². The summed E-state index contributed by atoms with van der Waals surface area (Å²) < 4.78 is 9.14. The van der Waals surface area contributed by atoms with Crippen molar-refractivity contribution in [3.63, 3.8) is 0 Å². The Bertz CT molecular complexity index is 411. The number of aryl methyl sites for hydroxylation is 2. The van der Waals surface area contributed by atoms with Crippen molar-refractivity contribution in [3.05, 3.63) is 15.9 Å². The molecule has 1 aliphatic rings. The average molecular weight is 316 g/mol. The fourth-order valence-corrected chi connectivity index (χ4v) is 3.10. The minimum Gasteiger partial charge on any atom is -0.368 e. The van der Waals surface area contributed by atoms with Crippen molar-refractivity contribution in [1.82, 2.24) is 15.1 Å². The molecule has 0 amide bonds. The van der Waals surface area contributed by atoms with Crippen LogP contribution in [0.4, 0.5) is 0 Å². The molecule has 2 heterocycles. The number of hydrogen-bond donors (Lipinski definition) is 1. The molecule has 0 aromatic carbocycles. The first-order chi connectivity index (χ1) is 8.56. The summed E-state index contributed by atoms with van der Waals surface area (Å²) in [4.78, 5) is 0. The maximum absolute atomic E-state index is 6.12. The van der Waals surface area contributed by atoms with E-state index in [4.69, 9.17) is 4.74 Å². The van der Waals surface area contributed by atoms with E-state index < -0.39 is 0 Å². The molecule has 0 radical (unpaired) electrons. The average Bonchev–Trinajstić information content (AvgIpc) is 2.63. The number of rotatable bonds is 4. The molecule has 1 aliphatic heterocycles. The molecule has 4 nitrogen and oxygen atoms in total. The van der Waals surface area contributed by atoms with Gasteiger partial charge in [0.15, 0.2) is 0 Å². The lowest BCUT2D eigenvalue weighted by Crippen LogP contribution is -2.45. The Morgan fingerprint density at radius 1 is 1.56 bits per heavy atom. The van der Waals surface area contributed by atoms with E-state index in [2.05, 4.69) is 40.2 Å². The molecule has 2 rings (SSSR count). The van der Waals surface area contributed by atoms with Crippen LogP contribution in [0.15, 0.2) is 4.47 Å². The quantitative estimate of drug-likeness (QED) is 0.927. The Labute approximate surface area is 117 Å². The topological polar surface area (TPSA) is 39.1 Å². The summed E-state index contributed by atoms with van der Waals surface area (Å²) >= 11 is 3.63. The highest BCUT2D eigenvalue weighted by molar-refractivity contribution is 9.10. The van der Waals surface area contributed by atoms with Crippen LogP contribution in [0.1, 0.15) is 38.1 Å². The zero-order valence-electron chi connectivity index (χ0n) is 11.4. The summed E-state index contributed by atoms with van der Waals surface area (Å²) in [6.45, 7) is 6.95. The lowest BCUT2D eigenvalue weighted by atomic mass is 9.96. The van der Waals surface area contributed by atoms with Crippen molar-refractivity contribution < 1.29 is 4.74 Å². The summed E-state index contributed by atoms with van der Waals surface area (Å²) in [6.07, 6.45) is 3.24. The van der Waals surface area contributed by atoms with E-state index in [1.54, 1.807) is 0 Å². The van der Waals surface area contributed by atoms with Crippen LogP contribution in [0.2, 0.25) is 0 Å². The van der Waals surface area contributed by atoms with Gasteiger partial charge in [0, 0.05) is 13.6 Å². The van der Waals surface area contributed by atoms with Crippen molar-refractivity contribution in [1.29, 1.82) is 0 Å². The van der Waals surface area contributed by atoms with Crippen molar-refractivity contribution in [2.75, 3.05) is 13.1 Å². The van der Waals surface area contributed by atoms with Gasteiger partial charge in [-0.2, -0.15) is 5.10 Å². The predicted molar refractivity (Wildman–Crippen MR) is 75.6 cm³/mol. The highest BCUT2D eigenvalue weighted by atomic mass is 79.9. The smallest absolute Gasteiger partial charge is 0.0904 e. The van der Waals surface area contributed by atoms with Gasteiger partial charge in [-0.3, -0.25) is 4.68 Å². The molecule has 1 aromatic heterocycles. The van der Waals surface area contributed by atoms with Crippen molar-refractivity contribution >= 4 is 15.9 Å². The number of aromatic nitrogens is 2. The van der Waals surface area contributed by atoms with Crippen LogP contribution >= 0.6 is 15.9 Å². The summed E-state index contributed by atoms with van der Waals surface area (Å²) in [6, 6.07) is 0.